The van der Waals surface area contributed by atoms with Gasteiger partial charge in [0.05, 0.1) is 0 Å². The maximum atomic E-state index is 12.9. The second-order valence-corrected chi connectivity index (χ2v) is 23.1. The van der Waals surface area contributed by atoms with Crippen LogP contribution in [0.15, 0.2) is 48.6 Å². The normalized spacial score (nSPS) is 12.3. The standard InChI is InChI=1S/C71H130O6/c1-4-7-10-13-16-19-22-25-27-29-30-31-32-33-34-35-36-37-38-39-40-42-43-46-49-52-55-58-61-64-70(73)76-67-68(66-75-69(72)63-60-57-54-51-48-45-24-21-18-15-12-9-6-3)77-71(74)65-62-59-56-53-50-47-44-41-28-26-23-20-17-14-11-8-5-2/h17,20,22,25-26,28-30,68H,4-16,18-19,21,23-24,27,31-67H2,1-3H3/b20-17-,25-22-,28-26-,30-29-. The molecule has 0 aliphatic heterocycles. The first-order valence-corrected chi connectivity index (χ1v) is 34.1. The third-order valence-corrected chi connectivity index (χ3v) is 15.3. The van der Waals surface area contributed by atoms with E-state index >= 15 is 0 Å². The minimum absolute atomic E-state index is 0.0714. The molecule has 0 aromatic heterocycles. The second kappa shape index (κ2) is 65.9. The van der Waals surface area contributed by atoms with Crippen molar-refractivity contribution in [3.63, 3.8) is 0 Å². The molecule has 0 spiro atoms. The van der Waals surface area contributed by atoms with E-state index in [0.29, 0.717) is 19.3 Å². The van der Waals surface area contributed by atoms with Crippen molar-refractivity contribution in [1.82, 2.24) is 0 Å². The summed E-state index contributed by atoms with van der Waals surface area (Å²) in [7, 11) is 0. The lowest BCUT2D eigenvalue weighted by Gasteiger charge is -2.18. The van der Waals surface area contributed by atoms with E-state index in [1.165, 1.54) is 250 Å². The molecule has 0 N–H and O–H groups in total. The summed E-state index contributed by atoms with van der Waals surface area (Å²) < 4.78 is 17.0. The van der Waals surface area contributed by atoms with Gasteiger partial charge < -0.3 is 14.2 Å². The third-order valence-electron chi connectivity index (χ3n) is 15.3. The van der Waals surface area contributed by atoms with Crippen LogP contribution in [0, 0.1) is 0 Å². The Bertz CT molecular complexity index is 1330. The highest BCUT2D eigenvalue weighted by molar-refractivity contribution is 5.71. The Morgan fingerprint density at radius 1 is 0.260 bits per heavy atom. The van der Waals surface area contributed by atoms with Crippen LogP contribution < -0.4 is 0 Å². The second-order valence-electron chi connectivity index (χ2n) is 23.1. The van der Waals surface area contributed by atoms with Gasteiger partial charge in [-0.25, -0.2) is 0 Å². The number of hydrogen-bond acceptors (Lipinski definition) is 6. The summed E-state index contributed by atoms with van der Waals surface area (Å²) in [5.41, 5.74) is 0. The van der Waals surface area contributed by atoms with E-state index in [0.717, 1.165) is 77.0 Å². The Labute approximate surface area is 479 Å². The van der Waals surface area contributed by atoms with Crippen LogP contribution in [0.1, 0.15) is 367 Å². The molecule has 0 fully saturated rings. The van der Waals surface area contributed by atoms with Gasteiger partial charge in [0.25, 0.3) is 0 Å². The molecule has 450 valence electrons. The van der Waals surface area contributed by atoms with E-state index in [9.17, 15) is 14.4 Å². The van der Waals surface area contributed by atoms with E-state index in [4.69, 9.17) is 14.2 Å². The summed E-state index contributed by atoms with van der Waals surface area (Å²) in [6.07, 6.45) is 82.8. The Hall–Kier alpha value is -2.63. The Kier molecular flexibility index (Phi) is 63.6. The molecule has 0 heterocycles. The lowest BCUT2D eigenvalue weighted by molar-refractivity contribution is -0.167. The zero-order chi connectivity index (χ0) is 55.7. The number of unbranched alkanes of at least 4 members (excludes halogenated alkanes) is 44. The molecule has 0 rings (SSSR count). The minimum Gasteiger partial charge on any atom is -0.462 e. The van der Waals surface area contributed by atoms with Crippen molar-refractivity contribution >= 4 is 17.9 Å². The largest absolute Gasteiger partial charge is 0.462 e. The Morgan fingerprint density at radius 3 is 0.740 bits per heavy atom. The van der Waals surface area contributed by atoms with Crippen molar-refractivity contribution in [2.75, 3.05) is 13.2 Å². The quantitative estimate of drug-likeness (QED) is 0.0261. The van der Waals surface area contributed by atoms with E-state index in [1.807, 2.05) is 0 Å². The highest BCUT2D eigenvalue weighted by Crippen LogP contribution is 2.18. The van der Waals surface area contributed by atoms with E-state index < -0.39 is 6.10 Å². The third kappa shape index (κ3) is 64.1. The summed E-state index contributed by atoms with van der Waals surface area (Å²) in [6, 6.07) is 0. The van der Waals surface area contributed by atoms with Crippen molar-refractivity contribution < 1.29 is 28.6 Å². The van der Waals surface area contributed by atoms with Crippen LogP contribution in [0.2, 0.25) is 0 Å². The predicted molar refractivity (Wildman–Crippen MR) is 335 cm³/mol. The summed E-state index contributed by atoms with van der Waals surface area (Å²) in [4.78, 5) is 38.3. The van der Waals surface area contributed by atoms with Crippen molar-refractivity contribution in [3.05, 3.63) is 48.6 Å². The minimum atomic E-state index is -0.775. The summed E-state index contributed by atoms with van der Waals surface area (Å²) >= 11 is 0. The van der Waals surface area contributed by atoms with E-state index in [1.54, 1.807) is 0 Å². The highest BCUT2D eigenvalue weighted by atomic mass is 16.6. The highest BCUT2D eigenvalue weighted by Gasteiger charge is 2.19. The maximum Gasteiger partial charge on any atom is 0.306 e. The van der Waals surface area contributed by atoms with Crippen LogP contribution in [0.25, 0.3) is 0 Å². The van der Waals surface area contributed by atoms with Gasteiger partial charge >= 0.3 is 17.9 Å². The molecule has 0 radical (unpaired) electrons. The van der Waals surface area contributed by atoms with Crippen molar-refractivity contribution in [2.24, 2.45) is 0 Å². The molecule has 77 heavy (non-hydrogen) atoms. The Morgan fingerprint density at radius 2 is 0.468 bits per heavy atom. The topological polar surface area (TPSA) is 78.9 Å². The van der Waals surface area contributed by atoms with Gasteiger partial charge in [0.2, 0.25) is 0 Å². The lowest BCUT2D eigenvalue weighted by Crippen LogP contribution is -2.30. The molecule has 0 aliphatic carbocycles. The number of allylic oxidation sites excluding steroid dienone is 8. The number of esters is 3. The fourth-order valence-electron chi connectivity index (χ4n) is 10.2. The summed E-state index contributed by atoms with van der Waals surface area (Å²) in [6.45, 7) is 6.65. The zero-order valence-electron chi connectivity index (χ0n) is 51.7. The average Bonchev–Trinajstić information content (AvgIpc) is 3.43. The number of carbonyl (C=O) groups is 3. The molecule has 0 aliphatic rings. The van der Waals surface area contributed by atoms with Gasteiger partial charge in [-0.15, -0.1) is 0 Å². The molecule has 6 heteroatoms. The fourth-order valence-corrected chi connectivity index (χ4v) is 10.2. The SMILES string of the molecule is CCCCC/C=C\C/C=C\CCCCCCCCCC(=O)OC(COC(=O)CCCCCCCCCCCCCCC)COC(=O)CCCCCCCCCCCCCCCCCCC/C=C\C/C=C\CCCCCCC. The van der Waals surface area contributed by atoms with Crippen molar-refractivity contribution in [1.29, 1.82) is 0 Å². The van der Waals surface area contributed by atoms with Crippen LogP contribution in [0.3, 0.4) is 0 Å². The first-order valence-electron chi connectivity index (χ1n) is 34.1. The molecular formula is C71H130O6. The van der Waals surface area contributed by atoms with Crippen molar-refractivity contribution in [3.8, 4) is 0 Å². The zero-order valence-corrected chi connectivity index (χ0v) is 51.7. The fraction of sp³-hybridized carbons (Fsp3) is 0.845. The molecule has 0 bridgehead atoms. The van der Waals surface area contributed by atoms with Gasteiger partial charge in [0, 0.05) is 19.3 Å². The maximum absolute atomic E-state index is 12.9. The number of carbonyl (C=O) groups excluding carboxylic acids is 3. The van der Waals surface area contributed by atoms with Gasteiger partial charge in [-0.1, -0.05) is 313 Å². The molecular weight excluding hydrogens is 949 g/mol. The van der Waals surface area contributed by atoms with Crippen LogP contribution in [-0.2, 0) is 28.6 Å². The van der Waals surface area contributed by atoms with Crippen LogP contribution >= 0.6 is 0 Å². The first-order chi connectivity index (χ1) is 38.0. The summed E-state index contributed by atoms with van der Waals surface area (Å²) in [5, 5.41) is 0. The number of rotatable bonds is 63. The molecule has 0 amide bonds. The van der Waals surface area contributed by atoms with Crippen LogP contribution in [-0.4, -0.2) is 37.2 Å². The smallest absolute Gasteiger partial charge is 0.306 e. The molecule has 0 aromatic rings. The Balaban J connectivity index is 4.19. The molecule has 6 nitrogen and oxygen atoms in total. The molecule has 1 atom stereocenters. The summed E-state index contributed by atoms with van der Waals surface area (Å²) in [5.74, 6) is -0.855. The van der Waals surface area contributed by atoms with Crippen LogP contribution in [0.4, 0.5) is 0 Å². The van der Waals surface area contributed by atoms with Crippen molar-refractivity contribution in [2.45, 2.75) is 374 Å². The predicted octanol–water partition coefficient (Wildman–Crippen LogP) is 23.3. The number of ether oxygens (including phenoxy) is 3. The van der Waals surface area contributed by atoms with Gasteiger partial charge in [-0.2, -0.15) is 0 Å². The van der Waals surface area contributed by atoms with Gasteiger partial charge in [0.1, 0.15) is 13.2 Å². The molecule has 0 saturated heterocycles. The van der Waals surface area contributed by atoms with Crippen LogP contribution in [0.5, 0.6) is 0 Å². The number of hydrogen-bond donors (Lipinski definition) is 0. The van der Waals surface area contributed by atoms with Gasteiger partial charge in [-0.05, 0) is 83.5 Å². The lowest BCUT2D eigenvalue weighted by atomic mass is 10.0. The van der Waals surface area contributed by atoms with Gasteiger partial charge in [0.15, 0.2) is 6.10 Å². The van der Waals surface area contributed by atoms with E-state index in [2.05, 4.69) is 69.4 Å². The monoisotopic (exact) mass is 1080 g/mol. The molecule has 0 saturated carbocycles. The van der Waals surface area contributed by atoms with Gasteiger partial charge in [-0.3, -0.25) is 14.4 Å². The molecule has 1 unspecified atom stereocenters. The average molecular weight is 1080 g/mol. The van der Waals surface area contributed by atoms with E-state index in [-0.39, 0.29) is 31.1 Å². The molecule has 0 aromatic carbocycles. The first kappa shape index (κ1) is 74.4.